The highest BCUT2D eigenvalue weighted by Crippen LogP contribution is 2.24. The number of thioether (sulfide) groups is 1. The second-order valence-corrected chi connectivity index (χ2v) is 9.07. The number of nitrogens with one attached hydrogen (secondary N) is 2. The molecule has 0 aliphatic rings. The lowest BCUT2D eigenvalue weighted by atomic mass is 10.2. The van der Waals surface area contributed by atoms with Crippen LogP contribution in [0.4, 0.5) is 5.69 Å². The third kappa shape index (κ3) is 6.74. The van der Waals surface area contributed by atoms with Crippen LogP contribution in [0, 0.1) is 0 Å². The van der Waals surface area contributed by atoms with Crippen molar-refractivity contribution < 1.29 is 19.1 Å². The molecule has 0 radical (unpaired) electrons. The lowest BCUT2D eigenvalue weighted by Gasteiger charge is -2.15. The molecule has 1 heterocycles. The monoisotopic (exact) mass is 535 g/mol. The quantitative estimate of drug-likeness (QED) is 0.303. The van der Waals surface area contributed by atoms with Crippen LogP contribution in [0.2, 0.25) is 10.0 Å². The lowest BCUT2D eigenvalue weighted by molar-refractivity contribution is -0.113. The molecule has 9 nitrogen and oxygen atoms in total. The van der Waals surface area contributed by atoms with Crippen LogP contribution in [0.1, 0.15) is 46.4 Å². The number of hydrogen-bond donors (Lipinski definition) is 2. The third-order valence-corrected chi connectivity index (χ3v) is 6.61. The Morgan fingerprint density at radius 1 is 1.06 bits per heavy atom. The topological polar surface area (TPSA) is 115 Å². The number of ether oxygens (including phenoxy) is 1. The smallest absolute Gasteiger partial charge is 0.337 e. The summed E-state index contributed by atoms with van der Waals surface area (Å²) in [5.74, 6) is -0.360. The molecule has 184 valence electrons. The summed E-state index contributed by atoms with van der Waals surface area (Å²) in [4.78, 5) is 36.5. The van der Waals surface area contributed by atoms with Gasteiger partial charge < -0.3 is 19.9 Å². The van der Waals surface area contributed by atoms with Crippen molar-refractivity contribution in [2.45, 2.75) is 31.6 Å². The molecule has 12 heteroatoms. The maximum Gasteiger partial charge on any atom is 0.337 e. The Bertz CT molecular complexity index is 1230. The zero-order valence-electron chi connectivity index (χ0n) is 19.2. The van der Waals surface area contributed by atoms with Crippen LogP contribution in [0.15, 0.2) is 47.6 Å². The minimum atomic E-state index is -0.449. The molecule has 1 atom stereocenters. The van der Waals surface area contributed by atoms with Crippen LogP contribution in [0.3, 0.4) is 0 Å². The summed E-state index contributed by atoms with van der Waals surface area (Å²) in [6, 6.07) is 10.6. The van der Waals surface area contributed by atoms with Crippen molar-refractivity contribution in [3.8, 4) is 0 Å². The van der Waals surface area contributed by atoms with Gasteiger partial charge in [0.25, 0.3) is 5.91 Å². The molecule has 3 rings (SSSR count). The molecule has 2 aromatic carbocycles. The van der Waals surface area contributed by atoms with Gasteiger partial charge in [0.2, 0.25) is 5.91 Å². The summed E-state index contributed by atoms with van der Waals surface area (Å²) in [5, 5.41) is 15.3. The number of nitrogens with zero attached hydrogens (tertiary/aromatic N) is 3. The number of amides is 2. The van der Waals surface area contributed by atoms with E-state index in [-0.39, 0.29) is 17.6 Å². The minimum Gasteiger partial charge on any atom is -0.465 e. The molecule has 2 N–H and O–H groups in total. The highest BCUT2D eigenvalue weighted by Gasteiger charge is 2.20. The highest BCUT2D eigenvalue weighted by molar-refractivity contribution is 7.99. The predicted octanol–water partition coefficient (Wildman–Crippen LogP) is 4.61. The average molecular weight is 536 g/mol. The molecule has 0 aliphatic carbocycles. The fraction of sp³-hybridized carbons (Fsp3) is 0.261. The summed E-state index contributed by atoms with van der Waals surface area (Å²) in [6.07, 6.45) is 0. The SMILES string of the molecule is CCn1c(SCC(=O)Nc2ccc(C(=O)OC)cc2)nnc1[C@@H](C)NC(=O)c1ccc(Cl)c(Cl)c1. The van der Waals surface area contributed by atoms with Crippen LogP contribution >= 0.6 is 35.0 Å². The molecule has 0 aliphatic heterocycles. The Labute approximate surface area is 216 Å². The fourth-order valence-corrected chi connectivity index (χ4v) is 4.25. The van der Waals surface area contributed by atoms with E-state index in [1.165, 1.54) is 24.9 Å². The van der Waals surface area contributed by atoms with Gasteiger partial charge in [-0.2, -0.15) is 0 Å². The molecular weight excluding hydrogens is 513 g/mol. The van der Waals surface area contributed by atoms with Gasteiger partial charge in [-0.05, 0) is 56.3 Å². The van der Waals surface area contributed by atoms with Crippen LogP contribution in [-0.2, 0) is 16.1 Å². The number of methoxy groups -OCH3 is 1. The molecule has 35 heavy (non-hydrogen) atoms. The largest absolute Gasteiger partial charge is 0.465 e. The number of aromatic nitrogens is 3. The Hall–Kier alpha value is -3.08. The van der Waals surface area contributed by atoms with E-state index in [4.69, 9.17) is 23.2 Å². The van der Waals surface area contributed by atoms with Crippen molar-refractivity contribution >= 4 is 58.4 Å². The van der Waals surface area contributed by atoms with Gasteiger partial charge in [-0.25, -0.2) is 4.79 Å². The summed E-state index contributed by atoms with van der Waals surface area (Å²) in [5.41, 5.74) is 1.32. The Balaban J connectivity index is 1.60. The first kappa shape index (κ1) is 26.5. The van der Waals surface area contributed by atoms with Crippen LogP contribution < -0.4 is 10.6 Å². The maximum atomic E-state index is 12.6. The van der Waals surface area contributed by atoms with Gasteiger partial charge in [-0.1, -0.05) is 35.0 Å². The molecule has 1 aromatic heterocycles. The summed E-state index contributed by atoms with van der Waals surface area (Å²) < 4.78 is 6.50. The Kier molecular flexibility index (Phi) is 9.13. The van der Waals surface area contributed by atoms with Crippen LogP contribution in [0.25, 0.3) is 0 Å². The maximum absolute atomic E-state index is 12.6. The van der Waals surface area contributed by atoms with Crippen molar-refractivity contribution in [3.05, 3.63) is 69.5 Å². The molecule has 0 unspecified atom stereocenters. The predicted molar refractivity (Wildman–Crippen MR) is 135 cm³/mol. The van der Waals surface area contributed by atoms with Crippen molar-refractivity contribution in [2.24, 2.45) is 0 Å². The van der Waals surface area contributed by atoms with E-state index in [9.17, 15) is 14.4 Å². The van der Waals surface area contributed by atoms with Crippen molar-refractivity contribution in [2.75, 3.05) is 18.2 Å². The number of esters is 1. The number of hydrogen-bond acceptors (Lipinski definition) is 7. The number of carbonyl (C=O) groups is 3. The van der Waals surface area contributed by atoms with E-state index in [1.807, 2.05) is 11.5 Å². The Morgan fingerprint density at radius 2 is 1.74 bits per heavy atom. The molecular formula is C23H23Cl2N5O4S. The Morgan fingerprint density at radius 3 is 2.37 bits per heavy atom. The summed E-state index contributed by atoms with van der Waals surface area (Å²) in [6.45, 7) is 4.27. The van der Waals surface area contributed by atoms with Gasteiger partial charge in [0, 0.05) is 17.8 Å². The molecule has 0 saturated carbocycles. The van der Waals surface area contributed by atoms with Crippen LogP contribution in [-0.4, -0.2) is 45.4 Å². The summed E-state index contributed by atoms with van der Waals surface area (Å²) in [7, 11) is 1.31. The van der Waals surface area contributed by atoms with E-state index in [0.717, 1.165) is 0 Å². The first-order valence-corrected chi connectivity index (χ1v) is 12.3. The number of benzene rings is 2. The number of rotatable bonds is 9. The van der Waals surface area contributed by atoms with Gasteiger partial charge in [-0.3, -0.25) is 9.59 Å². The first-order chi connectivity index (χ1) is 16.7. The van der Waals surface area contributed by atoms with Gasteiger partial charge in [0.1, 0.15) is 0 Å². The molecule has 0 fully saturated rings. The van der Waals surface area contributed by atoms with Crippen molar-refractivity contribution in [1.29, 1.82) is 0 Å². The first-order valence-electron chi connectivity index (χ1n) is 10.5. The standard InChI is InChI=1S/C23H23Cl2N5O4S/c1-4-30-20(13(2)26-21(32)15-7-10-17(24)18(25)11-15)28-29-23(30)35-12-19(31)27-16-8-5-14(6-9-16)22(33)34-3/h5-11,13H,4,12H2,1-3H3,(H,26,32)(H,27,31)/t13-/m1/s1. The molecule has 0 spiro atoms. The van der Waals surface area contributed by atoms with E-state index < -0.39 is 12.0 Å². The number of anilines is 1. The second kappa shape index (κ2) is 12.1. The van der Waals surface area contributed by atoms with Gasteiger partial charge in [0.05, 0.1) is 34.5 Å². The van der Waals surface area contributed by atoms with Gasteiger partial charge in [-0.15, -0.1) is 10.2 Å². The molecule has 0 saturated heterocycles. The zero-order valence-corrected chi connectivity index (χ0v) is 21.5. The summed E-state index contributed by atoms with van der Waals surface area (Å²) >= 11 is 13.1. The van der Waals surface area contributed by atoms with E-state index in [2.05, 4.69) is 25.6 Å². The molecule has 2 amide bonds. The highest BCUT2D eigenvalue weighted by atomic mass is 35.5. The van der Waals surface area contributed by atoms with Gasteiger partial charge >= 0.3 is 5.97 Å². The van der Waals surface area contributed by atoms with E-state index in [0.29, 0.717) is 44.4 Å². The van der Waals surface area contributed by atoms with E-state index >= 15 is 0 Å². The number of halogens is 2. The third-order valence-electron chi connectivity index (χ3n) is 4.90. The normalized spacial score (nSPS) is 11.6. The number of carbonyl (C=O) groups excluding carboxylic acids is 3. The average Bonchev–Trinajstić information content (AvgIpc) is 3.27. The van der Waals surface area contributed by atoms with Crippen molar-refractivity contribution in [1.82, 2.24) is 20.1 Å². The zero-order chi connectivity index (χ0) is 25.5. The second-order valence-electron chi connectivity index (χ2n) is 7.31. The minimum absolute atomic E-state index is 0.0981. The molecule has 0 bridgehead atoms. The van der Waals surface area contributed by atoms with Gasteiger partial charge in [0.15, 0.2) is 11.0 Å². The molecule has 3 aromatic rings. The van der Waals surface area contributed by atoms with Crippen LogP contribution in [0.5, 0.6) is 0 Å². The lowest BCUT2D eigenvalue weighted by Crippen LogP contribution is -2.28. The fourth-order valence-electron chi connectivity index (χ4n) is 3.14. The van der Waals surface area contributed by atoms with E-state index in [1.54, 1.807) is 43.3 Å². The van der Waals surface area contributed by atoms with Crippen molar-refractivity contribution in [3.63, 3.8) is 0 Å².